The van der Waals surface area contributed by atoms with Gasteiger partial charge in [0.05, 0.1) is 0 Å². The van der Waals surface area contributed by atoms with Gasteiger partial charge in [0, 0.05) is 17.1 Å². The highest BCUT2D eigenvalue weighted by Crippen LogP contribution is 2.26. The Morgan fingerprint density at radius 3 is 2.26 bits per heavy atom. The molecule has 1 N–H and O–H groups in total. The van der Waals surface area contributed by atoms with Gasteiger partial charge >= 0.3 is 0 Å². The number of benzene rings is 1. The van der Waals surface area contributed by atoms with Gasteiger partial charge in [0.15, 0.2) is 0 Å². The smallest absolute Gasteiger partial charge is 0.0456 e. The summed E-state index contributed by atoms with van der Waals surface area (Å²) in [5.74, 6) is 0.863. The number of unbranched alkanes of at least 4 members (excludes halogenated alkanes) is 6. The summed E-state index contributed by atoms with van der Waals surface area (Å²) in [5.41, 5.74) is 2.81. The highest BCUT2D eigenvalue weighted by Gasteiger charge is 2.12. The molecule has 23 heavy (non-hydrogen) atoms. The molecule has 0 aliphatic heterocycles. The molecule has 2 rings (SSSR count). The van der Waals surface area contributed by atoms with E-state index in [1.165, 1.54) is 87.1 Å². The summed E-state index contributed by atoms with van der Waals surface area (Å²) in [6, 6.07) is 8.74. The number of nitrogens with one attached hydrogen (secondary N) is 1. The van der Waals surface area contributed by atoms with Gasteiger partial charge in [-0.15, -0.1) is 0 Å². The van der Waals surface area contributed by atoms with Crippen molar-refractivity contribution < 1.29 is 0 Å². The topological polar surface area (TPSA) is 15.8 Å². The van der Waals surface area contributed by atoms with Crippen LogP contribution in [0.1, 0.15) is 83.6 Å². The van der Waals surface area contributed by atoms with Gasteiger partial charge in [-0.2, -0.15) is 0 Å². The first kappa shape index (κ1) is 18.1. The first-order valence-corrected chi connectivity index (χ1v) is 9.90. The average Bonchev–Trinajstić information content (AvgIpc) is 2.98. The lowest BCUT2D eigenvalue weighted by molar-refractivity contribution is 0.405. The highest BCUT2D eigenvalue weighted by atomic mass is 14.7. The second kappa shape index (κ2) is 10.5. The molecule has 0 unspecified atom stereocenters. The Bertz CT molecular complexity index is 540. The van der Waals surface area contributed by atoms with E-state index in [-0.39, 0.29) is 0 Å². The van der Waals surface area contributed by atoms with Crippen LogP contribution in [0, 0.1) is 5.92 Å². The highest BCUT2D eigenvalue weighted by molar-refractivity contribution is 5.83. The number of aromatic amines is 1. The molecule has 2 aromatic rings. The molecule has 0 bridgehead atoms. The Labute approximate surface area is 142 Å². The number of aromatic nitrogens is 1. The van der Waals surface area contributed by atoms with Gasteiger partial charge in [0.25, 0.3) is 0 Å². The van der Waals surface area contributed by atoms with Crippen molar-refractivity contribution in [2.75, 3.05) is 0 Å². The van der Waals surface area contributed by atoms with Gasteiger partial charge in [0.2, 0.25) is 0 Å². The fourth-order valence-corrected chi connectivity index (χ4v) is 3.68. The van der Waals surface area contributed by atoms with Gasteiger partial charge < -0.3 is 4.98 Å². The maximum atomic E-state index is 3.44. The summed E-state index contributed by atoms with van der Waals surface area (Å²) in [5, 5.41) is 1.43. The van der Waals surface area contributed by atoms with Crippen molar-refractivity contribution in [3.8, 4) is 0 Å². The van der Waals surface area contributed by atoms with Crippen LogP contribution in [0.3, 0.4) is 0 Å². The minimum absolute atomic E-state index is 0.863. The molecule has 0 aliphatic rings. The lowest BCUT2D eigenvalue weighted by Gasteiger charge is -2.16. The van der Waals surface area contributed by atoms with E-state index >= 15 is 0 Å². The molecule has 1 aromatic carbocycles. The Kier molecular flexibility index (Phi) is 8.28. The molecule has 1 aromatic heterocycles. The maximum absolute atomic E-state index is 3.44. The lowest BCUT2D eigenvalue weighted by atomic mass is 9.89. The molecular weight excluding hydrogens is 278 g/mol. The van der Waals surface area contributed by atoms with Gasteiger partial charge in [-0.3, -0.25) is 0 Å². The quantitative estimate of drug-likeness (QED) is 0.397. The number of fused-ring (bicyclic) bond motifs is 1. The molecule has 0 aliphatic carbocycles. The molecule has 0 radical (unpaired) electrons. The van der Waals surface area contributed by atoms with Crippen molar-refractivity contribution in [3.63, 3.8) is 0 Å². The zero-order chi connectivity index (χ0) is 16.3. The number of para-hydroxylation sites is 1. The minimum atomic E-state index is 0.863. The van der Waals surface area contributed by atoms with Gasteiger partial charge in [-0.25, -0.2) is 0 Å². The lowest BCUT2D eigenvalue weighted by Crippen LogP contribution is -2.05. The van der Waals surface area contributed by atoms with E-state index in [9.17, 15) is 0 Å². The summed E-state index contributed by atoms with van der Waals surface area (Å²) < 4.78 is 0. The number of H-pyrrole nitrogens is 1. The molecule has 0 amide bonds. The molecule has 1 nitrogen and oxygen atoms in total. The van der Waals surface area contributed by atoms with Gasteiger partial charge in [0.1, 0.15) is 0 Å². The summed E-state index contributed by atoms with van der Waals surface area (Å²) in [7, 11) is 0. The summed E-state index contributed by atoms with van der Waals surface area (Å²) in [4.78, 5) is 3.44. The van der Waals surface area contributed by atoms with Gasteiger partial charge in [-0.1, -0.05) is 96.3 Å². The van der Waals surface area contributed by atoms with Crippen molar-refractivity contribution in [2.24, 2.45) is 5.92 Å². The van der Waals surface area contributed by atoms with Crippen LogP contribution in [0.25, 0.3) is 10.9 Å². The maximum Gasteiger partial charge on any atom is 0.0456 e. The Morgan fingerprint density at radius 1 is 0.826 bits per heavy atom. The normalized spacial score (nSPS) is 12.8. The van der Waals surface area contributed by atoms with Crippen LogP contribution < -0.4 is 0 Å². The Balaban J connectivity index is 1.90. The van der Waals surface area contributed by atoms with Crippen molar-refractivity contribution in [1.82, 2.24) is 4.98 Å². The molecule has 0 saturated carbocycles. The van der Waals surface area contributed by atoms with E-state index in [0.717, 1.165) is 5.92 Å². The zero-order valence-corrected chi connectivity index (χ0v) is 15.2. The molecule has 128 valence electrons. The number of rotatable bonds is 12. The summed E-state index contributed by atoms with van der Waals surface area (Å²) >= 11 is 0. The zero-order valence-electron chi connectivity index (χ0n) is 15.2. The van der Waals surface area contributed by atoms with E-state index < -0.39 is 0 Å². The van der Waals surface area contributed by atoms with Crippen LogP contribution in [0.15, 0.2) is 30.5 Å². The SMILES string of the molecule is CCCCCCC[C@@H](CCCCC)Cc1c[nH]c2ccccc12. The molecule has 0 fully saturated rings. The Hall–Kier alpha value is -1.24. The summed E-state index contributed by atoms with van der Waals surface area (Å²) in [6.45, 7) is 4.60. The van der Waals surface area contributed by atoms with E-state index in [0.29, 0.717) is 0 Å². The molecular formula is C22H35N. The number of hydrogen-bond donors (Lipinski definition) is 1. The fraction of sp³-hybridized carbons (Fsp3) is 0.636. The third-order valence-corrected chi connectivity index (χ3v) is 5.12. The second-order valence-corrected chi connectivity index (χ2v) is 7.13. The van der Waals surface area contributed by atoms with Crippen LogP contribution in [0.4, 0.5) is 0 Å². The standard InChI is InChI=1S/C22H35N/c1-3-5-7-8-10-14-19(13-9-6-4-2)17-20-18-23-22-16-12-11-15-21(20)22/h11-12,15-16,18-19,23H,3-10,13-14,17H2,1-2H3/t19-/m1/s1. The van der Waals surface area contributed by atoms with Gasteiger partial charge in [-0.05, 0) is 24.0 Å². The minimum Gasteiger partial charge on any atom is -0.361 e. The monoisotopic (exact) mass is 313 g/mol. The molecule has 0 saturated heterocycles. The molecule has 1 heteroatoms. The largest absolute Gasteiger partial charge is 0.361 e. The van der Waals surface area contributed by atoms with Crippen LogP contribution in [0.2, 0.25) is 0 Å². The van der Waals surface area contributed by atoms with Crippen LogP contribution >= 0.6 is 0 Å². The van der Waals surface area contributed by atoms with E-state index in [2.05, 4.69) is 49.3 Å². The molecule has 1 heterocycles. The van der Waals surface area contributed by atoms with E-state index in [1.54, 1.807) is 0 Å². The van der Waals surface area contributed by atoms with Crippen LogP contribution in [-0.4, -0.2) is 4.98 Å². The molecule has 0 spiro atoms. The average molecular weight is 314 g/mol. The molecule has 1 atom stereocenters. The van der Waals surface area contributed by atoms with E-state index in [1.807, 2.05) is 0 Å². The third-order valence-electron chi connectivity index (χ3n) is 5.12. The predicted molar refractivity (Wildman–Crippen MR) is 103 cm³/mol. The third kappa shape index (κ3) is 6.05. The van der Waals surface area contributed by atoms with Crippen LogP contribution in [-0.2, 0) is 6.42 Å². The van der Waals surface area contributed by atoms with Crippen molar-refractivity contribution in [2.45, 2.75) is 84.5 Å². The van der Waals surface area contributed by atoms with Crippen molar-refractivity contribution in [3.05, 3.63) is 36.0 Å². The van der Waals surface area contributed by atoms with Crippen molar-refractivity contribution >= 4 is 10.9 Å². The van der Waals surface area contributed by atoms with Crippen molar-refractivity contribution in [1.29, 1.82) is 0 Å². The second-order valence-electron chi connectivity index (χ2n) is 7.13. The Morgan fingerprint density at radius 2 is 1.48 bits per heavy atom. The number of hydrogen-bond acceptors (Lipinski definition) is 0. The van der Waals surface area contributed by atoms with Crippen LogP contribution in [0.5, 0.6) is 0 Å². The predicted octanol–water partition coefficient (Wildman–Crippen LogP) is 7.27. The first-order valence-electron chi connectivity index (χ1n) is 9.90. The summed E-state index contributed by atoms with van der Waals surface area (Å²) in [6.07, 6.45) is 17.4. The first-order chi connectivity index (χ1) is 11.3. The van der Waals surface area contributed by atoms with E-state index in [4.69, 9.17) is 0 Å². The fourth-order valence-electron chi connectivity index (χ4n) is 3.68.